The Bertz CT molecular complexity index is 6.49. The summed E-state index contributed by atoms with van der Waals surface area (Å²) < 4.78 is 0. The van der Waals surface area contributed by atoms with Gasteiger partial charge in [-0.25, -0.2) is 0 Å². The highest BCUT2D eigenvalue weighted by atomic mass is 32.1. The SMILES string of the molecule is F.F.F.F.F.F.S.S. The third-order valence-electron chi connectivity index (χ3n) is 0. The maximum atomic E-state index is 0. The minimum Gasteiger partial charge on any atom is -0.269 e. The predicted octanol–water partition coefficient (Wildman–Crippen LogP) is 1.14. The van der Waals surface area contributed by atoms with Crippen LogP contribution in [-0.4, -0.2) is 0 Å². The number of hydrogen-bond acceptors (Lipinski definition) is 0. The average Bonchev–Trinajstić information content (AvgIpc) is 0. The Balaban J connectivity index is 0. The van der Waals surface area contributed by atoms with Crippen LogP contribution in [0, 0.1) is 0 Å². The van der Waals surface area contributed by atoms with Crippen LogP contribution in [0.1, 0.15) is 0 Å². The first-order chi connectivity index (χ1) is 0. The summed E-state index contributed by atoms with van der Waals surface area (Å²) in [4.78, 5) is 0. The van der Waals surface area contributed by atoms with Crippen molar-refractivity contribution in [2.45, 2.75) is 0 Å². The van der Waals surface area contributed by atoms with Gasteiger partial charge in [0, 0.05) is 0 Å². The van der Waals surface area contributed by atoms with E-state index in [2.05, 4.69) is 0 Å². The highest BCUT2D eigenvalue weighted by Crippen LogP contribution is 0.649. The molecular weight excluding hydrogens is 178 g/mol. The van der Waals surface area contributed by atoms with E-state index in [0.717, 1.165) is 0 Å². The highest BCUT2D eigenvalue weighted by molar-refractivity contribution is 7.59. The van der Waals surface area contributed by atoms with Crippen LogP contribution in [-0.2, 0) is 0 Å². The van der Waals surface area contributed by atoms with Gasteiger partial charge in [0.15, 0.2) is 0 Å². The fourth-order valence-electron chi connectivity index (χ4n) is 0. The lowest BCUT2D eigenvalue weighted by atomic mass is 19.0. The lowest BCUT2D eigenvalue weighted by Gasteiger charge is -0.270. The Morgan fingerprint density at radius 1 is 0.250 bits per heavy atom. The molecule has 0 nitrogen and oxygen atoms in total. The molecule has 0 saturated heterocycles. The minimum absolute atomic E-state index is 0. The summed E-state index contributed by atoms with van der Waals surface area (Å²) in [5.74, 6) is 0. The van der Waals surface area contributed by atoms with Gasteiger partial charge >= 0.3 is 0 Å². The zero-order valence-corrected chi connectivity index (χ0v) is 5.45. The first-order valence-corrected chi connectivity index (χ1v) is 0. The molecule has 0 N–H and O–H groups in total. The monoisotopic (exact) mass is 188 g/mol. The van der Waals surface area contributed by atoms with E-state index in [4.69, 9.17) is 0 Å². The summed E-state index contributed by atoms with van der Waals surface area (Å²) in [5, 5.41) is 0. The second-order valence-electron chi connectivity index (χ2n) is 0. The van der Waals surface area contributed by atoms with E-state index in [-0.39, 0.29) is 55.2 Å². The first kappa shape index (κ1) is 5600. The van der Waals surface area contributed by atoms with Crippen LogP contribution in [0.4, 0.5) is 28.2 Å². The van der Waals surface area contributed by atoms with Gasteiger partial charge in [-0.2, -0.15) is 27.0 Å². The molecule has 0 aliphatic heterocycles. The van der Waals surface area contributed by atoms with Gasteiger partial charge < -0.3 is 0 Å². The topological polar surface area (TPSA) is 0 Å². The summed E-state index contributed by atoms with van der Waals surface area (Å²) in [7, 11) is 0. The largest absolute Gasteiger partial charge is 0.269 e. The summed E-state index contributed by atoms with van der Waals surface area (Å²) >= 11 is 0. The molecule has 64 valence electrons. The molecule has 8 heteroatoms. The maximum absolute atomic E-state index is 0. The van der Waals surface area contributed by atoms with Crippen LogP contribution in [0.25, 0.3) is 0 Å². The van der Waals surface area contributed by atoms with Gasteiger partial charge in [-0.3, -0.25) is 28.2 Å². The quantitative estimate of drug-likeness (QED) is 0.500. The van der Waals surface area contributed by atoms with Gasteiger partial charge in [0.25, 0.3) is 0 Å². The van der Waals surface area contributed by atoms with Crippen molar-refractivity contribution >= 4 is 27.0 Å². The Kier molecular flexibility index (Phi) is 2560000. The molecule has 0 fully saturated rings. The Hall–Kier alpha value is 0.280. The molecule has 0 aromatic carbocycles. The van der Waals surface area contributed by atoms with E-state index in [1.165, 1.54) is 0 Å². The highest BCUT2D eigenvalue weighted by Gasteiger charge is -0.196. The van der Waals surface area contributed by atoms with Crippen molar-refractivity contribution in [2.24, 2.45) is 0 Å². The van der Waals surface area contributed by atoms with E-state index in [0.29, 0.717) is 0 Å². The predicted molar refractivity (Wildman–Crippen MR) is 35.8 cm³/mol. The third-order valence-corrected chi connectivity index (χ3v) is 0. The molecule has 0 amide bonds. The van der Waals surface area contributed by atoms with Crippen LogP contribution in [0.15, 0.2) is 0 Å². The van der Waals surface area contributed by atoms with Gasteiger partial charge in [-0.1, -0.05) is 0 Å². The molecule has 0 saturated carbocycles. The first-order valence-electron chi connectivity index (χ1n) is 0. The van der Waals surface area contributed by atoms with E-state index in [1.807, 2.05) is 0 Å². The molecule has 0 aliphatic carbocycles. The Morgan fingerprint density at radius 3 is 0.250 bits per heavy atom. The van der Waals surface area contributed by atoms with Crippen LogP contribution in [0.5, 0.6) is 0 Å². The molecule has 0 unspecified atom stereocenters. The van der Waals surface area contributed by atoms with Crippen LogP contribution < -0.4 is 0 Å². The average molecular weight is 188 g/mol. The van der Waals surface area contributed by atoms with Crippen molar-refractivity contribution in [3.8, 4) is 0 Å². The van der Waals surface area contributed by atoms with Crippen LogP contribution in [0.3, 0.4) is 0 Å². The van der Waals surface area contributed by atoms with E-state index in [1.54, 1.807) is 0 Å². The summed E-state index contributed by atoms with van der Waals surface area (Å²) in [6.07, 6.45) is 0. The van der Waals surface area contributed by atoms with Gasteiger partial charge in [-0.15, -0.1) is 0 Å². The molecule has 8 heavy (non-hydrogen) atoms. The second kappa shape index (κ2) is 3660. The molecule has 0 aromatic heterocycles. The smallest absolute Gasteiger partial charge is 0.197 e. The third kappa shape index (κ3) is 2230. The van der Waals surface area contributed by atoms with E-state index < -0.39 is 0 Å². The van der Waals surface area contributed by atoms with Gasteiger partial charge in [0.1, 0.15) is 0 Å². The van der Waals surface area contributed by atoms with Crippen molar-refractivity contribution in [2.75, 3.05) is 0 Å². The molecule has 0 aliphatic rings. The number of halogens is 6. The van der Waals surface area contributed by atoms with Crippen molar-refractivity contribution in [1.29, 1.82) is 0 Å². The fourth-order valence-corrected chi connectivity index (χ4v) is 0. The number of hydrogen-bond donors (Lipinski definition) is 0. The molecule has 0 rings (SSSR count). The molecule has 0 atom stereocenters. The van der Waals surface area contributed by atoms with Gasteiger partial charge in [0.05, 0.1) is 0 Å². The van der Waals surface area contributed by atoms with Crippen LogP contribution in [0.2, 0.25) is 0 Å². The van der Waals surface area contributed by atoms with Gasteiger partial charge in [0.2, 0.25) is 0 Å². The Morgan fingerprint density at radius 2 is 0.250 bits per heavy atom. The van der Waals surface area contributed by atoms with Crippen molar-refractivity contribution < 1.29 is 28.2 Å². The molecule has 0 heterocycles. The van der Waals surface area contributed by atoms with Crippen molar-refractivity contribution in [3.63, 3.8) is 0 Å². The molecule has 0 spiro atoms. The standard InChI is InChI=1S/6FH.2H2S/h6*1H;2*1H2. The van der Waals surface area contributed by atoms with Crippen molar-refractivity contribution in [1.82, 2.24) is 0 Å². The molecular formula is H10F6S2. The van der Waals surface area contributed by atoms with Gasteiger partial charge in [-0.05, 0) is 0 Å². The van der Waals surface area contributed by atoms with E-state index >= 15 is 0 Å². The summed E-state index contributed by atoms with van der Waals surface area (Å²) in [6.45, 7) is 0. The molecule has 0 radical (unpaired) electrons. The van der Waals surface area contributed by atoms with Crippen LogP contribution >= 0.6 is 27.0 Å². The number of rotatable bonds is 0. The maximum Gasteiger partial charge on any atom is -0.197 e. The summed E-state index contributed by atoms with van der Waals surface area (Å²) in [6, 6.07) is 0. The zero-order valence-electron chi connectivity index (χ0n) is 3.45. The second-order valence-corrected chi connectivity index (χ2v) is 0. The normalized spacial score (nSPS) is 0. The summed E-state index contributed by atoms with van der Waals surface area (Å²) in [5.41, 5.74) is 0. The molecule has 0 aromatic rings. The van der Waals surface area contributed by atoms with Crippen molar-refractivity contribution in [3.05, 3.63) is 0 Å². The minimum atomic E-state index is 0. The lowest BCUT2D eigenvalue weighted by Crippen LogP contribution is 0.419. The zero-order chi connectivity index (χ0) is 0. The Labute approximate surface area is 56.1 Å². The lowest BCUT2D eigenvalue weighted by molar-refractivity contribution is 1.11. The van der Waals surface area contributed by atoms with E-state index in [9.17, 15) is 0 Å². The fraction of sp³-hybridized carbons (Fsp3) is 0. The molecule has 0 bridgehead atoms.